The van der Waals surface area contributed by atoms with E-state index < -0.39 is 0 Å². The molecule has 0 saturated heterocycles. The zero-order valence-electron chi connectivity index (χ0n) is 11.9. The van der Waals surface area contributed by atoms with Crippen LogP contribution in [-0.4, -0.2) is 0 Å². The number of fused-ring (bicyclic) bond motifs is 3. The summed E-state index contributed by atoms with van der Waals surface area (Å²) in [6.45, 7) is 6.88. The minimum atomic E-state index is 0.250. The van der Waals surface area contributed by atoms with E-state index in [4.69, 9.17) is 0 Å². The summed E-state index contributed by atoms with van der Waals surface area (Å²) < 4.78 is 0. The average Bonchev–Trinajstić information content (AvgIpc) is 2.46. The molecule has 0 aliphatic rings. The summed E-state index contributed by atoms with van der Waals surface area (Å²) in [7, 11) is 0. The second-order valence-corrected chi connectivity index (χ2v) is 5.96. The fourth-order valence-corrected chi connectivity index (χ4v) is 2.64. The fraction of sp³-hybridized carbons (Fsp3) is 0.263. The van der Waals surface area contributed by atoms with E-state index in [1.54, 1.807) is 0 Å². The van der Waals surface area contributed by atoms with E-state index >= 15 is 0 Å². The van der Waals surface area contributed by atoms with Crippen LogP contribution in [0, 0.1) is 0 Å². The molecule has 0 N–H and O–H groups in total. The summed E-state index contributed by atoms with van der Waals surface area (Å²) in [6.07, 6.45) is 1.16. The minimum Gasteiger partial charge on any atom is -0.0646 e. The largest absolute Gasteiger partial charge is 0.0646 e. The molecule has 0 aromatic heterocycles. The van der Waals surface area contributed by atoms with Gasteiger partial charge in [-0.2, -0.15) is 0 Å². The van der Waals surface area contributed by atoms with Crippen molar-refractivity contribution < 1.29 is 0 Å². The van der Waals surface area contributed by atoms with Crippen molar-refractivity contribution in [2.75, 3.05) is 0 Å². The van der Waals surface area contributed by atoms with Gasteiger partial charge in [0.2, 0.25) is 0 Å². The summed E-state index contributed by atoms with van der Waals surface area (Å²) >= 11 is 0. The van der Waals surface area contributed by atoms with Gasteiger partial charge < -0.3 is 0 Å². The third kappa shape index (κ3) is 2.02. The smallest absolute Gasteiger partial charge is 0.0105 e. The fourth-order valence-electron chi connectivity index (χ4n) is 2.64. The van der Waals surface area contributed by atoms with E-state index in [0.717, 1.165) is 6.42 Å². The Bertz CT molecular complexity index is 735. The van der Waals surface area contributed by atoms with Crippen molar-refractivity contribution in [2.24, 2.45) is 0 Å². The van der Waals surface area contributed by atoms with Crippen molar-refractivity contribution in [1.29, 1.82) is 0 Å². The number of hydrogen-bond acceptors (Lipinski definition) is 0. The SMILES string of the molecule is CCC(C)(C)c1ccc2c(ccc3ccccc32)c1. The Balaban J connectivity index is 2.28. The van der Waals surface area contributed by atoms with Crippen LogP contribution in [0.25, 0.3) is 21.5 Å². The summed E-state index contributed by atoms with van der Waals surface area (Å²) in [5.74, 6) is 0. The van der Waals surface area contributed by atoms with Crippen LogP contribution in [0.5, 0.6) is 0 Å². The maximum Gasteiger partial charge on any atom is -0.0105 e. The van der Waals surface area contributed by atoms with Gasteiger partial charge in [0.1, 0.15) is 0 Å². The van der Waals surface area contributed by atoms with Crippen LogP contribution >= 0.6 is 0 Å². The molecule has 96 valence electrons. The predicted molar refractivity (Wildman–Crippen MR) is 84.8 cm³/mol. The van der Waals surface area contributed by atoms with Crippen molar-refractivity contribution in [3.8, 4) is 0 Å². The van der Waals surface area contributed by atoms with E-state index in [-0.39, 0.29) is 5.41 Å². The van der Waals surface area contributed by atoms with Crippen LogP contribution in [-0.2, 0) is 5.41 Å². The van der Waals surface area contributed by atoms with Crippen molar-refractivity contribution in [1.82, 2.24) is 0 Å². The second kappa shape index (κ2) is 4.38. The normalized spacial score (nSPS) is 12.2. The maximum absolute atomic E-state index is 2.35. The van der Waals surface area contributed by atoms with E-state index in [1.165, 1.54) is 27.1 Å². The summed E-state index contributed by atoms with van der Waals surface area (Å²) in [4.78, 5) is 0. The zero-order valence-corrected chi connectivity index (χ0v) is 11.9. The van der Waals surface area contributed by atoms with Crippen LogP contribution in [0.15, 0.2) is 54.6 Å². The lowest BCUT2D eigenvalue weighted by atomic mass is 9.81. The quantitative estimate of drug-likeness (QED) is 0.512. The number of hydrogen-bond donors (Lipinski definition) is 0. The first kappa shape index (κ1) is 12.2. The molecule has 0 aliphatic heterocycles. The maximum atomic E-state index is 2.35. The van der Waals surface area contributed by atoms with Crippen molar-refractivity contribution in [3.05, 3.63) is 60.2 Å². The van der Waals surface area contributed by atoms with E-state index in [0.29, 0.717) is 0 Å². The molecule has 0 radical (unpaired) electrons. The Kier molecular flexibility index (Phi) is 2.82. The molecule has 0 aliphatic carbocycles. The molecule has 3 aromatic rings. The third-order valence-electron chi connectivity index (χ3n) is 4.41. The zero-order chi connectivity index (χ0) is 13.5. The van der Waals surface area contributed by atoms with Crippen LogP contribution in [0.3, 0.4) is 0 Å². The molecule has 0 unspecified atom stereocenters. The molecule has 3 aromatic carbocycles. The first-order chi connectivity index (χ1) is 9.12. The first-order valence-corrected chi connectivity index (χ1v) is 7.04. The lowest BCUT2D eigenvalue weighted by Crippen LogP contribution is -2.15. The molecule has 0 heterocycles. The van der Waals surface area contributed by atoms with Crippen molar-refractivity contribution in [3.63, 3.8) is 0 Å². The highest BCUT2D eigenvalue weighted by Gasteiger charge is 2.18. The van der Waals surface area contributed by atoms with Gasteiger partial charge in [-0.15, -0.1) is 0 Å². The highest BCUT2D eigenvalue weighted by atomic mass is 14.2. The van der Waals surface area contributed by atoms with Gasteiger partial charge in [0.05, 0.1) is 0 Å². The molecule has 0 saturated carbocycles. The van der Waals surface area contributed by atoms with Gasteiger partial charge in [0, 0.05) is 0 Å². The number of rotatable bonds is 2. The van der Waals surface area contributed by atoms with Gasteiger partial charge >= 0.3 is 0 Å². The van der Waals surface area contributed by atoms with E-state index in [1.807, 2.05) is 0 Å². The van der Waals surface area contributed by atoms with Crippen LogP contribution in [0.1, 0.15) is 32.8 Å². The van der Waals surface area contributed by atoms with Crippen LogP contribution in [0.2, 0.25) is 0 Å². The highest BCUT2D eigenvalue weighted by molar-refractivity contribution is 6.07. The second-order valence-electron chi connectivity index (χ2n) is 5.96. The van der Waals surface area contributed by atoms with Gasteiger partial charge in [0.15, 0.2) is 0 Å². The summed E-state index contributed by atoms with van der Waals surface area (Å²) in [5.41, 5.74) is 1.68. The van der Waals surface area contributed by atoms with E-state index in [2.05, 4.69) is 75.4 Å². The molecule has 0 amide bonds. The summed E-state index contributed by atoms with van der Waals surface area (Å²) in [5, 5.41) is 5.37. The van der Waals surface area contributed by atoms with Crippen molar-refractivity contribution >= 4 is 21.5 Å². The van der Waals surface area contributed by atoms with Crippen molar-refractivity contribution in [2.45, 2.75) is 32.6 Å². The molecule has 0 heteroatoms. The van der Waals surface area contributed by atoms with Crippen LogP contribution in [0.4, 0.5) is 0 Å². The molecule has 19 heavy (non-hydrogen) atoms. The van der Waals surface area contributed by atoms with Gasteiger partial charge in [-0.05, 0) is 38.9 Å². The Morgan fingerprint density at radius 2 is 1.47 bits per heavy atom. The molecule has 0 atom stereocenters. The van der Waals surface area contributed by atoms with Crippen LogP contribution < -0.4 is 0 Å². The minimum absolute atomic E-state index is 0.250. The Morgan fingerprint density at radius 1 is 0.789 bits per heavy atom. The molecule has 0 nitrogen and oxygen atoms in total. The standard InChI is InChI=1S/C19H20/c1-4-19(2,3)16-11-12-18-15(13-16)10-9-14-7-5-6-8-17(14)18/h5-13H,4H2,1-3H3. The Morgan fingerprint density at radius 3 is 2.26 bits per heavy atom. The van der Waals surface area contributed by atoms with Gasteiger partial charge in [-0.25, -0.2) is 0 Å². The van der Waals surface area contributed by atoms with E-state index in [9.17, 15) is 0 Å². The molecule has 0 fully saturated rings. The Hall–Kier alpha value is -1.82. The topological polar surface area (TPSA) is 0 Å². The monoisotopic (exact) mass is 248 g/mol. The Labute approximate surface area is 115 Å². The summed E-state index contributed by atoms with van der Waals surface area (Å²) in [6, 6.07) is 20.0. The van der Waals surface area contributed by atoms with Gasteiger partial charge in [-0.1, -0.05) is 75.4 Å². The lowest BCUT2D eigenvalue weighted by Gasteiger charge is -2.23. The molecular formula is C19H20. The molecular weight excluding hydrogens is 228 g/mol. The molecule has 0 spiro atoms. The first-order valence-electron chi connectivity index (χ1n) is 7.04. The highest BCUT2D eigenvalue weighted by Crippen LogP contribution is 2.32. The number of benzene rings is 3. The molecule has 3 rings (SSSR count). The lowest BCUT2D eigenvalue weighted by molar-refractivity contribution is 0.507. The third-order valence-corrected chi connectivity index (χ3v) is 4.41. The average molecular weight is 248 g/mol. The van der Waals surface area contributed by atoms with Gasteiger partial charge in [0.25, 0.3) is 0 Å². The molecule has 0 bridgehead atoms. The van der Waals surface area contributed by atoms with Gasteiger partial charge in [-0.3, -0.25) is 0 Å². The predicted octanol–water partition coefficient (Wildman–Crippen LogP) is 5.68.